The molecule has 0 aromatic carbocycles. The Kier molecular flexibility index (Phi) is 9.20. The van der Waals surface area contributed by atoms with Crippen LogP contribution in [0.1, 0.15) is 103 Å². The van der Waals surface area contributed by atoms with Gasteiger partial charge in [0.15, 0.2) is 0 Å². The zero-order valence-corrected chi connectivity index (χ0v) is 26.9. The van der Waals surface area contributed by atoms with Crippen molar-refractivity contribution in [1.82, 2.24) is 42.5 Å². The number of hydrogen-bond acceptors (Lipinski definition) is 8. The Labute approximate surface area is 266 Å². The van der Waals surface area contributed by atoms with Crippen molar-refractivity contribution in [3.8, 4) is 0 Å². The molecule has 8 N–H and O–H groups in total. The first-order valence-electron chi connectivity index (χ1n) is 18.0. The fraction of sp³-hybridized carbons (Fsp3) is 1.00. The first kappa shape index (κ1) is 29.9. The van der Waals surface area contributed by atoms with Crippen LogP contribution in [0.3, 0.4) is 0 Å². The quantitative estimate of drug-likeness (QED) is 0.189. The molecule has 10 heteroatoms. The molecule has 0 amide bonds. The molecule has 8 atom stereocenters. The van der Waals surface area contributed by atoms with Gasteiger partial charge in [-0.2, -0.15) is 0 Å². The van der Waals surface area contributed by atoms with Crippen molar-refractivity contribution in [3.63, 3.8) is 0 Å². The van der Waals surface area contributed by atoms with Gasteiger partial charge in [0.05, 0.1) is 49.3 Å². The summed E-state index contributed by atoms with van der Waals surface area (Å²) in [4.78, 5) is 0. The van der Waals surface area contributed by atoms with Gasteiger partial charge < -0.3 is 0 Å². The molecule has 5 aliphatic heterocycles. The fourth-order valence-electron chi connectivity index (χ4n) is 12.0. The molecule has 4 aliphatic carbocycles. The average molecular weight is 652 g/mol. The first-order chi connectivity index (χ1) is 20.8. The van der Waals surface area contributed by atoms with E-state index in [2.05, 4.69) is 67.7 Å². The van der Waals surface area contributed by atoms with E-state index in [1.54, 1.807) is 0 Å². The third kappa shape index (κ3) is 5.36. The second-order valence-corrected chi connectivity index (χ2v) is 15.6. The minimum absolute atomic E-state index is 0.420. The van der Waals surface area contributed by atoms with Crippen molar-refractivity contribution >= 4 is 10.1 Å². The molecule has 9 rings (SSSR count). The summed E-state index contributed by atoms with van der Waals surface area (Å²) in [6.45, 7) is 0. The van der Waals surface area contributed by atoms with Gasteiger partial charge >= 0.3 is 25.2 Å². The van der Waals surface area contributed by atoms with Crippen molar-refractivity contribution in [2.75, 3.05) is 0 Å². The van der Waals surface area contributed by atoms with Crippen molar-refractivity contribution < 1.29 is 15.1 Å². The van der Waals surface area contributed by atoms with E-state index in [9.17, 15) is 0 Å². The van der Waals surface area contributed by atoms with Crippen LogP contribution in [0, 0.1) is 47.3 Å². The van der Waals surface area contributed by atoms with Crippen LogP contribution < -0.4 is 42.5 Å². The second-order valence-electron chi connectivity index (χ2n) is 15.6. The van der Waals surface area contributed by atoms with Gasteiger partial charge in [-0.15, -0.1) is 0 Å². The number of nitrogens with one attached hydrogen (secondary N) is 8. The Balaban J connectivity index is 0.00000131. The van der Waals surface area contributed by atoms with Crippen molar-refractivity contribution in [1.29, 1.82) is 0 Å². The molecule has 9 fully saturated rings. The van der Waals surface area contributed by atoms with Crippen LogP contribution in [0.2, 0.25) is 0 Å². The van der Waals surface area contributed by atoms with Crippen LogP contribution >= 0.6 is 10.1 Å². The summed E-state index contributed by atoms with van der Waals surface area (Å²) in [5, 5.41) is 33.8. The van der Waals surface area contributed by atoms with E-state index in [0.717, 1.165) is 47.3 Å². The molecule has 0 spiro atoms. The number of fused-ring (bicyclic) bond motifs is 20. The molecular weight excluding hydrogens is 595 g/mol. The third-order valence-electron chi connectivity index (χ3n) is 13.8. The standard InChI is InChI=1S/C32H56N8.ClH.Cu/c1-2-10-18-17(9-1)25-33-26(18)38-28-21-13-5-6-14-22(21)30(35-28)40-32-24-16-8-7-15-23(24)31(36-32)39-29-20-12-4-3-11-19(20)27(34-29)37-25;;/h17-40H,1-16H2;1H;/q;;+1/p-1. The molecule has 42 heavy (non-hydrogen) atoms. The molecule has 0 radical (unpaired) electrons. The van der Waals surface area contributed by atoms with Gasteiger partial charge in [0, 0.05) is 0 Å². The summed E-state index contributed by atoms with van der Waals surface area (Å²) in [7, 11) is 4.20. The maximum atomic E-state index is 4.26. The van der Waals surface area contributed by atoms with Crippen molar-refractivity contribution in [2.45, 2.75) is 152 Å². The Hall–Kier alpha value is 0.489. The molecule has 8 bridgehead atoms. The van der Waals surface area contributed by atoms with Crippen molar-refractivity contribution in [3.05, 3.63) is 0 Å². The van der Waals surface area contributed by atoms with Crippen LogP contribution in [0.4, 0.5) is 0 Å². The Morgan fingerprint density at radius 3 is 0.500 bits per heavy atom. The van der Waals surface area contributed by atoms with Gasteiger partial charge in [0.1, 0.15) is 0 Å². The Morgan fingerprint density at radius 2 is 0.381 bits per heavy atom. The molecule has 8 nitrogen and oxygen atoms in total. The van der Waals surface area contributed by atoms with Gasteiger partial charge in [0.2, 0.25) is 0 Å². The molecule has 0 aromatic rings. The minimum atomic E-state index is 0.420. The summed E-state index contributed by atoms with van der Waals surface area (Å²) in [6.07, 6.45) is 25.6. The Morgan fingerprint density at radius 1 is 0.262 bits per heavy atom. The molecule has 4 saturated carbocycles. The van der Waals surface area contributed by atoms with Gasteiger partial charge in [0.25, 0.3) is 0 Å². The predicted octanol–water partition coefficient (Wildman–Crippen LogP) is 3.29. The first-order valence-corrected chi connectivity index (χ1v) is 19.3. The van der Waals surface area contributed by atoms with Crippen molar-refractivity contribution in [2.24, 2.45) is 47.3 Å². The molecular formula is C32H56ClCuN8. The topological polar surface area (TPSA) is 96.2 Å². The summed E-state index contributed by atoms with van der Waals surface area (Å²) < 4.78 is 0. The Bertz CT molecular complexity index is 723. The molecule has 8 unspecified atom stereocenters. The van der Waals surface area contributed by atoms with Crippen LogP contribution in [0.5, 0.6) is 0 Å². The molecule has 9 aliphatic rings. The van der Waals surface area contributed by atoms with Gasteiger partial charge in [-0.3, -0.25) is 42.5 Å². The summed E-state index contributed by atoms with van der Waals surface area (Å²) in [5.74, 6) is 5.97. The van der Waals surface area contributed by atoms with Crippen LogP contribution in [-0.2, 0) is 15.1 Å². The predicted molar refractivity (Wildman–Crippen MR) is 163 cm³/mol. The molecule has 0 aromatic heterocycles. The van der Waals surface area contributed by atoms with Crippen LogP contribution in [-0.4, -0.2) is 49.3 Å². The third-order valence-corrected chi connectivity index (χ3v) is 13.8. The summed E-state index contributed by atoms with van der Waals surface area (Å²) >= 11 is 3.66. The molecule has 5 heterocycles. The second kappa shape index (κ2) is 12.9. The van der Waals surface area contributed by atoms with E-state index >= 15 is 0 Å². The fourth-order valence-corrected chi connectivity index (χ4v) is 12.0. The number of halogens is 1. The molecule has 5 saturated heterocycles. The average Bonchev–Trinajstić information content (AvgIpc) is 3.78. The van der Waals surface area contributed by atoms with E-state index in [1.807, 2.05) is 0 Å². The number of rotatable bonds is 0. The van der Waals surface area contributed by atoms with E-state index in [4.69, 9.17) is 0 Å². The van der Waals surface area contributed by atoms with E-state index in [0.29, 0.717) is 49.3 Å². The summed E-state index contributed by atoms with van der Waals surface area (Å²) in [6, 6.07) is 0. The van der Waals surface area contributed by atoms with Crippen LogP contribution in [0.15, 0.2) is 0 Å². The van der Waals surface area contributed by atoms with Gasteiger partial charge in [-0.05, 0) is 98.7 Å². The SMILES string of the molecule is C1CCC2C3NC(NC4NC(NC5NC(NC6NC(N3)C3CCCCC63)C3CCCCC53)C3CCCCC43)C2C1.[Cl][Cu]. The molecule has 242 valence electrons. The van der Waals surface area contributed by atoms with E-state index < -0.39 is 0 Å². The van der Waals surface area contributed by atoms with Gasteiger partial charge in [-0.25, -0.2) is 0 Å². The zero-order chi connectivity index (χ0) is 28.2. The maximum absolute atomic E-state index is 4.26. The van der Waals surface area contributed by atoms with E-state index in [-0.39, 0.29) is 0 Å². The zero-order valence-electron chi connectivity index (χ0n) is 25.2. The van der Waals surface area contributed by atoms with E-state index in [1.165, 1.54) is 103 Å². The van der Waals surface area contributed by atoms with Gasteiger partial charge in [-0.1, -0.05) is 51.4 Å². The monoisotopic (exact) mass is 650 g/mol. The van der Waals surface area contributed by atoms with Crippen LogP contribution in [0.25, 0.3) is 0 Å². The summed E-state index contributed by atoms with van der Waals surface area (Å²) in [5.41, 5.74) is 0. The number of hydrogen-bond donors (Lipinski definition) is 8. The normalized spacial score (nSPS) is 55.0.